The van der Waals surface area contributed by atoms with E-state index >= 15 is 0 Å². The number of sulfonamides is 1. The van der Waals surface area contributed by atoms with Crippen molar-refractivity contribution in [1.29, 1.82) is 0 Å². The van der Waals surface area contributed by atoms with Crippen molar-refractivity contribution in [3.8, 4) is 0 Å². The van der Waals surface area contributed by atoms with Gasteiger partial charge in [-0.25, -0.2) is 18.4 Å². The molecule has 324 valence electrons. The second-order valence-corrected chi connectivity index (χ2v) is 19.9. The third-order valence-electron chi connectivity index (χ3n) is 11.2. The molecule has 12 nitrogen and oxygen atoms in total. The molecular formula is C46H57ClN8O4S2. The van der Waals surface area contributed by atoms with Gasteiger partial charge >= 0.3 is 0 Å². The molecule has 1 aromatic heterocycles. The number of anilines is 3. The van der Waals surface area contributed by atoms with Crippen LogP contribution in [0.4, 0.5) is 22.9 Å². The summed E-state index contributed by atoms with van der Waals surface area (Å²) < 4.78 is 30.1. The molecule has 1 aliphatic carbocycles. The van der Waals surface area contributed by atoms with Crippen LogP contribution < -0.4 is 14.9 Å². The number of aromatic nitrogens is 2. The number of rotatable bonds is 19. The Morgan fingerprint density at radius 1 is 1.03 bits per heavy atom. The largest absolute Gasteiger partial charge is 0.376 e. The molecule has 6 rings (SSSR count). The minimum absolute atomic E-state index is 0.0919. The van der Waals surface area contributed by atoms with Gasteiger partial charge in [-0.15, -0.1) is 0 Å². The summed E-state index contributed by atoms with van der Waals surface area (Å²) in [7, 11) is -0.307. The molecule has 2 N–H and O–H groups in total. The van der Waals surface area contributed by atoms with Crippen molar-refractivity contribution >= 4 is 72.7 Å². The van der Waals surface area contributed by atoms with Gasteiger partial charge in [-0.3, -0.25) is 19.7 Å². The first-order valence-electron chi connectivity index (χ1n) is 20.6. The molecule has 1 atom stereocenters. The molecule has 1 fully saturated rings. The van der Waals surface area contributed by atoms with Crippen molar-refractivity contribution < 1.29 is 13.3 Å². The molecule has 0 radical (unpaired) electrons. The molecule has 2 heterocycles. The Bertz CT molecular complexity index is 2380. The molecule has 1 aliphatic heterocycles. The first kappa shape index (κ1) is 45.8. The van der Waals surface area contributed by atoms with E-state index in [-0.39, 0.29) is 33.5 Å². The van der Waals surface area contributed by atoms with Crippen LogP contribution in [-0.2, 0) is 10.0 Å². The highest BCUT2D eigenvalue weighted by atomic mass is 35.5. The lowest BCUT2D eigenvalue weighted by Gasteiger charge is -2.39. The first-order chi connectivity index (χ1) is 29.2. The van der Waals surface area contributed by atoms with Crippen LogP contribution in [0.3, 0.4) is 0 Å². The van der Waals surface area contributed by atoms with Crippen LogP contribution in [0.15, 0.2) is 114 Å². The van der Waals surface area contributed by atoms with Gasteiger partial charge in [0.05, 0.1) is 15.3 Å². The predicted octanol–water partition coefficient (Wildman–Crippen LogP) is 9.54. The SMILES string of the molecule is C=C/C=C\C=C/CSC[C@@H](CCN(C)C)Nc1ccc(S(=O)(=O)Nc2ncnc3cc(N4CCN(CC5=C(c6ccc(Cl)cc6)CCC(C)(C)C5)CC4)ccc23)cc1[N+](=O)[O-]. The lowest BCUT2D eigenvalue weighted by molar-refractivity contribution is -0.384. The number of benzene rings is 3. The molecule has 3 aromatic carbocycles. The zero-order chi connectivity index (χ0) is 43.6. The minimum Gasteiger partial charge on any atom is -0.376 e. The molecule has 2 aliphatic rings. The summed E-state index contributed by atoms with van der Waals surface area (Å²) in [5, 5.41) is 16.9. The lowest BCUT2D eigenvalue weighted by atomic mass is 9.73. The van der Waals surface area contributed by atoms with E-state index in [0.717, 1.165) is 87.5 Å². The average Bonchev–Trinajstić information content (AvgIpc) is 3.22. The maximum absolute atomic E-state index is 13.8. The molecule has 1 saturated heterocycles. The quantitative estimate of drug-likeness (QED) is 0.0403. The highest BCUT2D eigenvalue weighted by molar-refractivity contribution is 7.99. The molecule has 0 bridgehead atoms. The van der Waals surface area contributed by atoms with Gasteiger partial charge in [0, 0.05) is 72.4 Å². The van der Waals surface area contributed by atoms with Gasteiger partial charge in [0.25, 0.3) is 15.7 Å². The van der Waals surface area contributed by atoms with Crippen molar-refractivity contribution in [2.24, 2.45) is 5.41 Å². The van der Waals surface area contributed by atoms with Crippen LogP contribution in [0.2, 0.25) is 5.02 Å². The Morgan fingerprint density at radius 2 is 1.80 bits per heavy atom. The Morgan fingerprint density at radius 3 is 2.52 bits per heavy atom. The molecule has 15 heteroatoms. The molecule has 0 saturated carbocycles. The van der Waals surface area contributed by atoms with Gasteiger partial charge in [-0.05, 0) is 105 Å². The summed E-state index contributed by atoms with van der Waals surface area (Å²) in [4.78, 5) is 27.2. The molecule has 0 spiro atoms. The van der Waals surface area contributed by atoms with Gasteiger partial charge in [-0.1, -0.05) is 80.1 Å². The fourth-order valence-electron chi connectivity index (χ4n) is 7.85. The predicted molar refractivity (Wildman–Crippen MR) is 254 cm³/mol. The Labute approximate surface area is 370 Å². The van der Waals surface area contributed by atoms with Crippen LogP contribution in [-0.4, -0.2) is 104 Å². The van der Waals surface area contributed by atoms with E-state index in [9.17, 15) is 18.5 Å². The summed E-state index contributed by atoms with van der Waals surface area (Å²) in [6.07, 6.45) is 14.8. The standard InChI is InChI=1S/C46H57ClN8O4S2/c1-6-7-8-9-10-27-60-32-37(20-22-52(4)5)50-42-18-16-39(29-44(42)55(56)57)61(58,59)51-45-41-17-15-38(28-43(41)48-33-49-45)54-25-23-53(24-26-54)31-35-30-46(2,3)21-19-40(35)34-11-13-36(47)14-12-34/h6-18,28-29,33,37,50H,1,19-27,30-32H2,2-5H3,(H,48,49,51)/b8-7-,10-9-/t37-/m1/s1. The van der Waals surface area contributed by atoms with E-state index in [1.165, 1.54) is 35.2 Å². The second-order valence-electron chi connectivity index (χ2n) is 16.7. The van der Waals surface area contributed by atoms with Gasteiger partial charge in [0.2, 0.25) is 0 Å². The number of nitrogens with one attached hydrogen (secondary N) is 2. The minimum atomic E-state index is -4.26. The smallest absolute Gasteiger partial charge is 0.293 e. The van der Waals surface area contributed by atoms with Crippen molar-refractivity contribution in [3.05, 3.63) is 130 Å². The fourth-order valence-corrected chi connectivity index (χ4v) is 9.94. The highest BCUT2D eigenvalue weighted by Gasteiger charge is 2.30. The molecular weight excluding hydrogens is 828 g/mol. The third-order valence-corrected chi connectivity index (χ3v) is 13.8. The van der Waals surface area contributed by atoms with Crippen molar-refractivity contribution in [2.75, 3.05) is 79.8 Å². The van der Waals surface area contributed by atoms with Crippen LogP contribution in [0.1, 0.15) is 45.1 Å². The number of hydrogen-bond acceptors (Lipinski definition) is 11. The van der Waals surface area contributed by atoms with Crippen LogP contribution in [0.25, 0.3) is 16.5 Å². The number of fused-ring (bicyclic) bond motifs is 1. The van der Waals surface area contributed by atoms with E-state index < -0.39 is 14.9 Å². The summed E-state index contributed by atoms with van der Waals surface area (Å²) in [5.41, 5.74) is 6.02. The highest BCUT2D eigenvalue weighted by Crippen LogP contribution is 2.43. The van der Waals surface area contributed by atoms with Crippen molar-refractivity contribution in [2.45, 2.75) is 50.5 Å². The zero-order valence-corrected chi connectivity index (χ0v) is 37.9. The summed E-state index contributed by atoms with van der Waals surface area (Å²) in [6, 6.07) is 17.9. The molecule has 0 amide bonds. The number of piperazine rings is 1. The Hall–Kier alpha value is -4.73. The number of nitrogens with zero attached hydrogens (tertiary/aromatic N) is 6. The number of thioether (sulfide) groups is 1. The topological polar surface area (TPSA) is 137 Å². The number of allylic oxidation sites excluding steroid dienone is 5. The van der Waals surface area contributed by atoms with Crippen LogP contribution >= 0.6 is 23.4 Å². The monoisotopic (exact) mass is 884 g/mol. The van der Waals surface area contributed by atoms with Crippen LogP contribution in [0.5, 0.6) is 0 Å². The number of hydrogen-bond donors (Lipinski definition) is 2. The fraction of sp³-hybridized carbons (Fsp3) is 0.391. The van der Waals surface area contributed by atoms with E-state index in [0.29, 0.717) is 16.7 Å². The maximum atomic E-state index is 13.8. The van der Waals surface area contributed by atoms with E-state index in [4.69, 9.17) is 11.6 Å². The van der Waals surface area contributed by atoms with E-state index in [2.05, 4.69) is 67.3 Å². The zero-order valence-electron chi connectivity index (χ0n) is 35.5. The summed E-state index contributed by atoms with van der Waals surface area (Å²) in [5.74, 6) is 1.57. The average molecular weight is 886 g/mol. The number of nitro groups is 1. The van der Waals surface area contributed by atoms with E-state index in [1.54, 1.807) is 17.8 Å². The second kappa shape index (κ2) is 20.9. The summed E-state index contributed by atoms with van der Waals surface area (Å²) >= 11 is 7.92. The maximum Gasteiger partial charge on any atom is 0.293 e. The normalized spacial score (nSPS) is 16.8. The summed E-state index contributed by atoms with van der Waals surface area (Å²) in [6.45, 7) is 13.6. The van der Waals surface area contributed by atoms with E-state index in [1.807, 2.05) is 68.7 Å². The Balaban J connectivity index is 1.12. The van der Waals surface area contributed by atoms with Gasteiger partial charge < -0.3 is 15.1 Å². The van der Waals surface area contributed by atoms with Crippen LogP contribution in [0, 0.1) is 15.5 Å². The molecule has 4 aromatic rings. The molecule has 61 heavy (non-hydrogen) atoms. The van der Waals surface area contributed by atoms with Crippen molar-refractivity contribution in [3.63, 3.8) is 0 Å². The number of nitro benzene ring substituents is 1. The van der Waals surface area contributed by atoms with Gasteiger partial charge in [0.15, 0.2) is 5.82 Å². The Kier molecular flexibility index (Phi) is 15.7. The number of halogens is 1. The first-order valence-corrected chi connectivity index (χ1v) is 23.7. The van der Waals surface area contributed by atoms with Crippen molar-refractivity contribution in [1.82, 2.24) is 19.8 Å². The van der Waals surface area contributed by atoms with Gasteiger partial charge in [-0.2, -0.15) is 11.8 Å². The van der Waals surface area contributed by atoms with Gasteiger partial charge in [0.1, 0.15) is 12.0 Å². The lowest BCUT2D eigenvalue weighted by Crippen LogP contribution is -2.47. The molecule has 0 unspecified atom stereocenters. The third kappa shape index (κ3) is 12.7.